The molecular formula is C29H37F3N6O3. The van der Waals surface area contributed by atoms with Gasteiger partial charge in [-0.1, -0.05) is 13.8 Å². The molecular weight excluding hydrogens is 537 g/mol. The lowest BCUT2D eigenvalue weighted by Crippen LogP contribution is -2.38. The maximum absolute atomic E-state index is 10.6. The molecule has 1 aliphatic carbocycles. The van der Waals surface area contributed by atoms with Gasteiger partial charge in [0.15, 0.2) is 0 Å². The van der Waals surface area contributed by atoms with Crippen LogP contribution in [-0.2, 0) is 4.79 Å². The maximum Gasteiger partial charge on any atom is 0.490 e. The number of fused-ring (bicyclic) bond motifs is 1. The summed E-state index contributed by atoms with van der Waals surface area (Å²) in [6, 6.07) is 13.2. The van der Waals surface area contributed by atoms with Gasteiger partial charge in [0, 0.05) is 23.3 Å². The van der Waals surface area contributed by atoms with Crippen molar-refractivity contribution in [2.24, 2.45) is 5.92 Å². The number of carboxylic acids is 1. The van der Waals surface area contributed by atoms with E-state index in [9.17, 15) is 18.4 Å². The molecule has 3 aromatic rings. The van der Waals surface area contributed by atoms with Crippen molar-refractivity contribution in [3.63, 3.8) is 0 Å². The van der Waals surface area contributed by atoms with E-state index < -0.39 is 12.1 Å². The Balaban J connectivity index is 0.000000587. The number of ether oxygens (including phenoxy) is 1. The highest BCUT2D eigenvalue weighted by Gasteiger charge is 2.38. The summed E-state index contributed by atoms with van der Waals surface area (Å²) in [6.45, 7) is 10.2. The van der Waals surface area contributed by atoms with E-state index in [1.807, 2.05) is 41.8 Å². The standard InChI is InChI=1S/C27H36N6O.C2HF3O2/c1-5-34-23-12-10-22(11-13-23)32-27-19(4)26(24(16-28)25-14-15-30-33(25)27)31-21-8-6-20(7-9-21)29-17-18(2)3;3-2(4,5)1(6)7/h10-15,18,20-21,29,31-32H,5-9,17H2,1-4H3;(H,6,7). The quantitative estimate of drug-likeness (QED) is 0.236. The number of aliphatic carboxylic acids is 1. The Morgan fingerprint density at radius 1 is 1.17 bits per heavy atom. The molecule has 12 heteroatoms. The highest BCUT2D eigenvalue weighted by Crippen LogP contribution is 2.35. The van der Waals surface area contributed by atoms with E-state index in [1.165, 1.54) is 0 Å². The molecule has 0 bridgehead atoms. The number of carbonyl (C=O) groups is 1. The number of anilines is 3. The summed E-state index contributed by atoms with van der Waals surface area (Å²) in [6.07, 6.45) is 1.14. The molecule has 1 fully saturated rings. The molecule has 2 aromatic heterocycles. The lowest BCUT2D eigenvalue weighted by molar-refractivity contribution is -0.192. The second kappa shape index (κ2) is 14.1. The fraction of sp³-hybridized carbons (Fsp3) is 0.483. The van der Waals surface area contributed by atoms with Gasteiger partial charge in [-0.05, 0) is 82.3 Å². The number of nitrogens with zero attached hydrogens (tertiary/aromatic N) is 3. The molecule has 4 rings (SSSR count). The second-order valence-corrected chi connectivity index (χ2v) is 10.3. The number of nitriles is 1. The van der Waals surface area contributed by atoms with E-state index in [-0.39, 0.29) is 0 Å². The van der Waals surface area contributed by atoms with E-state index >= 15 is 0 Å². The van der Waals surface area contributed by atoms with Gasteiger partial charge in [-0.3, -0.25) is 0 Å². The van der Waals surface area contributed by atoms with E-state index in [4.69, 9.17) is 14.6 Å². The van der Waals surface area contributed by atoms with Crippen LogP contribution < -0.4 is 20.7 Å². The van der Waals surface area contributed by atoms with Crippen molar-refractivity contribution in [2.75, 3.05) is 23.8 Å². The van der Waals surface area contributed by atoms with Gasteiger partial charge in [0.05, 0.1) is 24.0 Å². The van der Waals surface area contributed by atoms with Gasteiger partial charge in [0.2, 0.25) is 0 Å². The Kier molecular flexibility index (Phi) is 10.8. The molecule has 0 radical (unpaired) electrons. The number of hydrogen-bond donors (Lipinski definition) is 4. The average Bonchev–Trinajstić information content (AvgIpc) is 3.41. The zero-order chi connectivity index (χ0) is 30.2. The van der Waals surface area contributed by atoms with Gasteiger partial charge < -0.3 is 25.8 Å². The molecule has 0 atom stereocenters. The van der Waals surface area contributed by atoms with Crippen molar-refractivity contribution in [3.8, 4) is 11.8 Å². The highest BCUT2D eigenvalue weighted by molar-refractivity contribution is 5.82. The fourth-order valence-corrected chi connectivity index (χ4v) is 4.69. The monoisotopic (exact) mass is 574 g/mol. The van der Waals surface area contributed by atoms with Crippen LogP contribution in [0.2, 0.25) is 0 Å². The average molecular weight is 575 g/mol. The Hall–Kier alpha value is -3.98. The zero-order valence-electron chi connectivity index (χ0n) is 23.7. The number of halogens is 3. The van der Waals surface area contributed by atoms with Crippen LogP contribution in [0.25, 0.3) is 5.52 Å². The molecule has 0 aliphatic heterocycles. The minimum atomic E-state index is -5.08. The molecule has 0 saturated heterocycles. The van der Waals surface area contributed by atoms with E-state index in [0.29, 0.717) is 30.2 Å². The minimum Gasteiger partial charge on any atom is -0.494 e. The molecule has 0 unspecified atom stereocenters. The summed E-state index contributed by atoms with van der Waals surface area (Å²) in [5.41, 5.74) is 4.28. The molecule has 0 amide bonds. The summed E-state index contributed by atoms with van der Waals surface area (Å²) < 4.78 is 39.1. The molecule has 1 aromatic carbocycles. The smallest absolute Gasteiger partial charge is 0.490 e. The van der Waals surface area contributed by atoms with Crippen LogP contribution in [0, 0.1) is 24.2 Å². The van der Waals surface area contributed by atoms with E-state index in [1.54, 1.807) is 6.20 Å². The van der Waals surface area contributed by atoms with Gasteiger partial charge in [-0.25, -0.2) is 9.31 Å². The zero-order valence-corrected chi connectivity index (χ0v) is 23.7. The Labute approximate surface area is 237 Å². The summed E-state index contributed by atoms with van der Waals surface area (Å²) in [7, 11) is 0. The van der Waals surface area contributed by atoms with Crippen molar-refractivity contribution in [1.82, 2.24) is 14.9 Å². The predicted octanol–water partition coefficient (Wildman–Crippen LogP) is 6.26. The molecule has 4 N–H and O–H groups in total. The topological polar surface area (TPSA) is 124 Å². The van der Waals surface area contributed by atoms with Gasteiger partial charge in [-0.2, -0.15) is 23.5 Å². The molecule has 1 aliphatic rings. The Morgan fingerprint density at radius 3 is 2.32 bits per heavy atom. The normalized spacial score (nSPS) is 17.0. The van der Waals surface area contributed by atoms with Gasteiger partial charge in [0.1, 0.15) is 23.2 Å². The first-order chi connectivity index (χ1) is 19.4. The first-order valence-electron chi connectivity index (χ1n) is 13.6. The number of aromatic nitrogens is 2. The van der Waals surface area contributed by atoms with Crippen LogP contribution in [0.5, 0.6) is 5.75 Å². The van der Waals surface area contributed by atoms with Crippen LogP contribution in [0.3, 0.4) is 0 Å². The summed E-state index contributed by atoms with van der Waals surface area (Å²) in [4.78, 5) is 8.90. The molecule has 222 valence electrons. The van der Waals surface area contributed by atoms with Crippen molar-refractivity contribution in [2.45, 2.75) is 71.6 Å². The lowest BCUT2D eigenvalue weighted by atomic mass is 9.90. The minimum absolute atomic E-state index is 0.353. The summed E-state index contributed by atoms with van der Waals surface area (Å²) >= 11 is 0. The van der Waals surface area contributed by atoms with E-state index in [2.05, 4.69) is 47.9 Å². The van der Waals surface area contributed by atoms with Crippen LogP contribution in [-0.4, -0.2) is 52.1 Å². The maximum atomic E-state index is 10.6. The van der Waals surface area contributed by atoms with Crippen molar-refractivity contribution in [3.05, 3.63) is 47.7 Å². The van der Waals surface area contributed by atoms with Crippen molar-refractivity contribution in [1.29, 1.82) is 5.26 Å². The van der Waals surface area contributed by atoms with Crippen molar-refractivity contribution < 1.29 is 27.8 Å². The third kappa shape index (κ3) is 8.50. The van der Waals surface area contributed by atoms with Crippen LogP contribution in [0.4, 0.5) is 30.4 Å². The number of carboxylic acid groups (broad SMARTS) is 1. The van der Waals surface area contributed by atoms with Gasteiger partial charge in [-0.15, -0.1) is 0 Å². The first kappa shape index (κ1) is 31.5. The van der Waals surface area contributed by atoms with Crippen molar-refractivity contribution >= 4 is 28.7 Å². The highest BCUT2D eigenvalue weighted by atomic mass is 19.4. The Bertz CT molecular complexity index is 1340. The first-order valence-corrected chi connectivity index (χ1v) is 13.6. The number of alkyl halides is 3. The fourth-order valence-electron chi connectivity index (χ4n) is 4.69. The predicted molar refractivity (Wildman–Crippen MR) is 152 cm³/mol. The third-order valence-corrected chi connectivity index (χ3v) is 6.76. The largest absolute Gasteiger partial charge is 0.494 e. The SMILES string of the molecule is CCOc1ccc(Nc2c(C)c(NC3CCC(NCC(C)C)CC3)c(C#N)c3ccnn23)cc1.O=C(O)C(F)(F)F. The Morgan fingerprint density at radius 2 is 1.78 bits per heavy atom. The second-order valence-electron chi connectivity index (χ2n) is 10.3. The number of hydrogen-bond acceptors (Lipinski definition) is 7. The number of nitrogens with one attached hydrogen (secondary N) is 3. The number of rotatable bonds is 9. The van der Waals surface area contributed by atoms with Crippen LogP contribution in [0.1, 0.15) is 57.6 Å². The molecule has 9 nitrogen and oxygen atoms in total. The van der Waals surface area contributed by atoms with E-state index in [0.717, 1.165) is 66.3 Å². The van der Waals surface area contributed by atoms with Gasteiger partial charge in [0.25, 0.3) is 0 Å². The third-order valence-electron chi connectivity index (χ3n) is 6.76. The van der Waals surface area contributed by atoms with Gasteiger partial charge >= 0.3 is 12.1 Å². The summed E-state index contributed by atoms with van der Waals surface area (Å²) in [5.74, 6) is -0.388. The number of pyridine rings is 1. The number of benzene rings is 1. The van der Waals surface area contributed by atoms with Crippen LogP contribution >= 0.6 is 0 Å². The molecule has 41 heavy (non-hydrogen) atoms. The molecule has 0 spiro atoms. The molecule has 2 heterocycles. The lowest BCUT2D eigenvalue weighted by Gasteiger charge is -2.32. The van der Waals surface area contributed by atoms with Crippen LogP contribution in [0.15, 0.2) is 36.5 Å². The summed E-state index contributed by atoms with van der Waals surface area (Å²) in [5, 5.41) is 32.6. The molecule has 1 saturated carbocycles.